The van der Waals surface area contributed by atoms with E-state index < -0.39 is 5.97 Å². The van der Waals surface area contributed by atoms with E-state index in [4.69, 9.17) is 5.11 Å². The van der Waals surface area contributed by atoms with Crippen LogP contribution in [-0.2, 0) is 0 Å². The standard InChI is InChI=1S/C13H11BrN2O2/c1-8-6-12(9(7-15-8)13(17)18)16-11-5-3-2-4-10(11)14/h2-7H,1H3,(H,15,16)(H,17,18). The molecule has 1 heterocycles. The van der Waals surface area contributed by atoms with Crippen molar-refractivity contribution in [2.45, 2.75) is 6.92 Å². The highest BCUT2D eigenvalue weighted by Gasteiger charge is 2.11. The Labute approximate surface area is 113 Å². The predicted octanol–water partition coefficient (Wildman–Crippen LogP) is 3.59. The number of anilines is 2. The van der Waals surface area contributed by atoms with Crippen LogP contribution in [-0.4, -0.2) is 16.1 Å². The first-order chi connectivity index (χ1) is 8.58. The number of hydrogen-bond donors (Lipinski definition) is 2. The summed E-state index contributed by atoms with van der Waals surface area (Å²) in [6.45, 7) is 1.82. The van der Waals surface area contributed by atoms with E-state index in [1.807, 2.05) is 31.2 Å². The summed E-state index contributed by atoms with van der Waals surface area (Å²) >= 11 is 3.41. The van der Waals surface area contributed by atoms with Crippen LogP contribution >= 0.6 is 15.9 Å². The lowest BCUT2D eigenvalue weighted by Gasteiger charge is -2.11. The molecule has 0 atom stereocenters. The van der Waals surface area contributed by atoms with Crippen LogP contribution in [0, 0.1) is 6.92 Å². The topological polar surface area (TPSA) is 62.2 Å². The minimum atomic E-state index is -1.00. The number of nitrogens with one attached hydrogen (secondary N) is 1. The van der Waals surface area contributed by atoms with Crippen molar-refractivity contribution in [3.8, 4) is 0 Å². The normalized spacial score (nSPS) is 10.1. The summed E-state index contributed by atoms with van der Waals surface area (Å²) < 4.78 is 0.871. The summed E-state index contributed by atoms with van der Waals surface area (Å²) in [5.41, 5.74) is 2.25. The van der Waals surface area contributed by atoms with Crippen molar-refractivity contribution in [3.63, 3.8) is 0 Å². The van der Waals surface area contributed by atoms with Gasteiger partial charge in [0.2, 0.25) is 0 Å². The van der Waals surface area contributed by atoms with Crippen LogP contribution in [0.3, 0.4) is 0 Å². The van der Waals surface area contributed by atoms with Gasteiger partial charge in [-0.3, -0.25) is 4.98 Å². The van der Waals surface area contributed by atoms with Crippen molar-refractivity contribution in [3.05, 3.63) is 52.3 Å². The third kappa shape index (κ3) is 2.68. The van der Waals surface area contributed by atoms with Gasteiger partial charge in [0.25, 0.3) is 0 Å². The van der Waals surface area contributed by atoms with Crippen molar-refractivity contribution < 1.29 is 9.90 Å². The Morgan fingerprint density at radius 1 is 1.33 bits per heavy atom. The van der Waals surface area contributed by atoms with Gasteiger partial charge in [-0.25, -0.2) is 4.79 Å². The molecular weight excluding hydrogens is 296 g/mol. The fraction of sp³-hybridized carbons (Fsp3) is 0.0769. The van der Waals surface area contributed by atoms with E-state index in [0.29, 0.717) is 5.69 Å². The Hall–Kier alpha value is -1.88. The summed E-state index contributed by atoms with van der Waals surface area (Å²) in [5, 5.41) is 12.2. The third-order valence-electron chi connectivity index (χ3n) is 2.41. The van der Waals surface area contributed by atoms with Gasteiger partial charge in [-0.1, -0.05) is 12.1 Å². The van der Waals surface area contributed by atoms with Gasteiger partial charge in [-0.05, 0) is 41.1 Å². The molecule has 0 bridgehead atoms. The van der Waals surface area contributed by atoms with E-state index in [0.717, 1.165) is 15.9 Å². The highest BCUT2D eigenvalue weighted by Crippen LogP contribution is 2.27. The Morgan fingerprint density at radius 3 is 2.72 bits per heavy atom. The zero-order valence-electron chi connectivity index (χ0n) is 9.64. The highest BCUT2D eigenvalue weighted by molar-refractivity contribution is 9.10. The maximum Gasteiger partial charge on any atom is 0.339 e. The highest BCUT2D eigenvalue weighted by atomic mass is 79.9. The lowest BCUT2D eigenvalue weighted by molar-refractivity contribution is 0.0697. The fourth-order valence-electron chi connectivity index (χ4n) is 1.54. The Balaban J connectivity index is 2.42. The average molecular weight is 307 g/mol. The zero-order valence-corrected chi connectivity index (χ0v) is 11.2. The van der Waals surface area contributed by atoms with Crippen LogP contribution in [0.5, 0.6) is 0 Å². The molecule has 0 spiro atoms. The van der Waals surface area contributed by atoms with Crippen LogP contribution in [0.2, 0.25) is 0 Å². The molecule has 0 saturated heterocycles. The van der Waals surface area contributed by atoms with Gasteiger partial charge in [0.05, 0.1) is 11.4 Å². The van der Waals surface area contributed by atoms with Gasteiger partial charge in [0, 0.05) is 16.4 Å². The van der Waals surface area contributed by atoms with Gasteiger partial charge in [-0.15, -0.1) is 0 Å². The number of carboxylic acid groups (broad SMARTS) is 1. The number of rotatable bonds is 3. The van der Waals surface area contributed by atoms with Crippen LogP contribution < -0.4 is 5.32 Å². The summed E-state index contributed by atoms with van der Waals surface area (Å²) in [7, 11) is 0. The number of aromatic carboxylic acids is 1. The molecule has 5 heteroatoms. The Kier molecular flexibility index (Phi) is 3.62. The first kappa shape index (κ1) is 12.6. The monoisotopic (exact) mass is 306 g/mol. The van der Waals surface area contributed by atoms with E-state index in [1.165, 1.54) is 6.20 Å². The molecular formula is C13H11BrN2O2. The molecule has 0 aliphatic carbocycles. The molecule has 1 aromatic carbocycles. The number of aromatic nitrogens is 1. The van der Waals surface area contributed by atoms with Crippen molar-refractivity contribution in [2.75, 3.05) is 5.32 Å². The molecule has 2 aromatic rings. The van der Waals surface area contributed by atoms with Crippen molar-refractivity contribution in [1.29, 1.82) is 0 Å². The quantitative estimate of drug-likeness (QED) is 0.909. The van der Waals surface area contributed by atoms with E-state index in [2.05, 4.69) is 26.2 Å². The van der Waals surface area contributed by atoms with Crippen molar-refractivity contribution in [1.82, 2.24) is 4.98 Å². The van der Waals surface area contributed by atoms with Crippen LogP contribution in [0.15, 0.2) is 41.0 Å². The number of carboxylic acids is 1. The molecule has 92 valence electrons. The largest absolute Gasteiger partial charge is 0.478 e. The summed E-state index contributed by atoms with van der Waals surface area (Å²) in [5.74, 6) is -1.00. The molecule has 0 aliphatic rings. The van der Waals surface area contributed by atoms with Gasteiger partial charge in [0.1, 0.15) is 5.56 Å². The number of hydrogen-bond acceptors (Lipinski definition) is 3. The second-order valence-corrected chi connectivity index (χ2v) is 4.64. The predicted molar refractivity (Wildman–Crippen MR) is 73.4 cm³/mol. The maximum atomic E-state index is 11.1. The molecule has 0 saturated carbocycles. The Bertz CT molecular complexity index is 599. The summed E-state index contributed by atoms with van der Waals surface area (Å²) in [6.07, 6.45) is 1.36. The SMILES string of the molecule is Cc1cc(Nc2ccccc2Br)c(C(=O)O)cn1. The van der Waals surface area contributed by atoms with Crippen molar-refractivity contribution >= 4 is 33.3 Å². The van der Waals surface area contributed by atoms with Gasteiger partial charge in [0.15, 0.2) is 0 Å². The van der Waals surface area contributed by atoms with E-state index in [-0.39, 0.29) is 5.56 Å². The number of carbonyl (C=O) groups is 1. The zero-order chi connectivity index (χ0) is 13.1. The van der Waals surface area contributed by atoms with Gasteiger partial charge >= 0.3 is 5.97 Å². The molecule has 2 rings (SSSR count). The number of aryl methyl sites for hydroxylation is 1. The first-order valence-corrected chi connectivity index (χ1v) is 6.08. The molecule has 4 nitrogen and oxygen atoms in total. The second-order valence-electron chi connectivity index (χ2n) is 3.78. The number of nitrogens with zero attached hydrogens (tertiary/aromatic N) is 1. The Morgan fingerprint density at radius 2 is 2.06 bits per heavy atom. The molecule has 0 radical (unpaired) electrons. The average Bonchev–Trinajstić information content (AvgIpc) is 2.32. The number of para-hydroxylation sites is 1. The first-order valence-electron chi connectivity index (χ1n) is 5.29. The number of benzene rings is 1. The summed E-state index contributed by atoms with van der Waals surface area (Å²) in [6, 6.07) is 9.23. The minimum absolute atomic E-state index is 0.149. The third-order valence-corrected chi connectivity index (χ3v) is 3.11. The molecule has 1 aromatic heterocycles. The molecule has 0 fully saturated rings. The number of halogens is 1. The molecule has 0 unspecified atom stereocenters. The van der Waals surface area contributed by atoms with E-state index >= 15 is 0 Å². The van der Waals surface area contributed by atoms with Crippen LogP contribution in [0.25, 0.3) is 0 Å². The fourth-order valence-corrected chi connectivity index (χ4v) is 1.93. The van der Waals surface area contributed by atoms with Crippen LogP contribution in [0.1, 0.15) is 16.1 Å². The second kappa shape index (κ2) is 5.18. The minimum Gasteiger partial charge on any atom is -0.478 e. The lowest BCUT2D eigenvalue weighted by atomic mass is 10.2. The van der Waals surface area contributed by atoms with Gasteiger partial charge < -0.3 is 10.4 Å². The van der Waals surface area contributed by atoms with Gasteiger partial charge in [-0.2, -0.15) is 0 Å². The van der Waals surface area contributed by atoms with Crippen molar-refractivity contribution in [2.24, 2.45) is 0 Å². The smallest absolute Gasteiger partial charge is 0.339 e. The van der Waals surface area contributed by atoms with E-state index in [9.17, 15) is 4.79 Å². The maximum absolute atomic E-state index is 11.1. The number of pyridine rings is 1. The molecule has 18 heavy (non-hydrogen) atoms. The molecule has 0 amide bonds. The summed E-state index contributed by atoms with van der Waals surface area (Å²) in [4.78, 5) is 15.1. The van der Waals surface area contributed by atoms with Crippen LogP contribution in [0.4, 0.5) is 11.4 Å². The molecule has 2 N–H and O–H groups in total. The molecule has 0 aliphatic heterocycles. The lowest BCUT2D eigenvalue weighted by Crippen LogP contribution is -2.04. The van der Waals surface area contributed by atoms with E-state index in [1.54, 1.807) is 6.07 Å².